The van der Waals surface area contributed by atoms with Gasteiger partial charge in [-0.25, -0.2) is 4.68 Å². The summed E-state index contributed by atoms with van der Waals surface area (Å²) in [7, 11) is 0. The maximum absolute atomic E-state index is 12.2. The van der Waals surface area contributed by atoms with E-state index in [9.17, 15) is 4.79 Å². The predicted molar refractivity (Wildman–Crippen MR) is 68.9 cm³/mol. The average molecular weight is 267 g/mol. The van der Waals surface area contributed by atoms with E-state index >= 15 is 0 Å². The van der Waals surface area contributed by atoms with Gasteiger partial charge in [-0.1, -0.05) is 5.21 Å². The molecule has 1 atom stereocenters. The second-order valence-electron chi connectivity index (χ2n) is 4.97. The molecule has 7 heteroatoms. The van der Waals surface area contributed by atoms with E-state index in [1.165, 1.54) is 4.68 Å². The number of nitrogens with two attached hydrogens (primary N) is 1. The smallest absolute Gasteiger partial charge is 0.244 e. The van der Waals surface area contributed by atoms with Gasteiger partial charge in [-0.05, 0) is 25.2 Å². The molecule has 0 saturated carbocycles. The van der Waals surface area contributed by atoms with Crippen molar-refractivity contribution >= 4 is 5.91 Å². The third kappa shape index (κ3) is 3.74. The molecule has 3 N–H and O–H groups in total. The third-order valence-electron chi connectivity index (χ3n) is 3.50. The summed E-state index contributed by atoms with van der Waals surface area (Å²) in [5.74, 6) is 0.467. The van der Waals surface area contributed by atoms with Crippen molar-refractivity contribution in [3.63, 3.8) is 0 Å². The molecule has 0 aliphatic carbocycles. The topological polar surface area (TPSA) is 97.3 Å². The molecular weight excluding hydrogens is 246 g/mol. The number of hydrogen-bond donors (Lipinski definition) is 2. The fourth-order valence-electron chi connectivity index (χ4n) is 2.46. The van der Waals surface area contributed by atoms with E-state index in [1.54, 1.807) is 6.20 Å². The zero-order valence-corrected chi connectivity index (χ0v) is 11.0. The largest absolute Gasteiger partial charge is 0.396 e. The summed E-state index contributed by atoms with van der Waals surface area (Å²) in [6, 6.07) is 0. The van der Waals surface area contributed by atoms with Gasteiger partial charge < -0.3 is 15.7 Å². The number of carbonyl (C=O) groups is 1. The van der Waals surface area contributed by atoms with Crippen LogP contribution in [0, 0.1) is 5.92 Å². The molecule has 0 aromatic carbocycles. The molecule has 1 fully saturated rings. The minimum Gasteiger partial charge on any atom is -0.396 e. The number of piperidine rings is 1. The molecule has 2 heterocycles. The van der Waals surface area contributed by atoms with Gasteiger partial charge in [0.1, 0.15) is 6.54 Å². The summed E-state index contributed by atoms with van der Waals surface area (Å²) in [5, 5.41) is 16.7. The predicted octanol–water partition coefficient (Wildman–Crippen LogP) is -0.642. The van der Waals surface area contributed by atoms with E-state index in [0.29, 0.717) is 18.2 Å². The zero-order chi connectivity index (χ0) is 13.7. The van der Waals surface area contributed by atoms with Gasteiger partial charge >= 0.3 is 0 Å². The van der Waals surface area contributed by atoms with Crippen LogP contribution in [0.2, 0.25) is 0 Å². The van der Waals surface area contributed by atoms with Crippen molar-refractivity contribution < 1.29 is 9.90 Å². The molecule has 2 rings (SSSR count). The van der Waals surface area contributed by atoms with Crippen LogP contribution in [0.4, 0.5) is 0 Å². The van der Waals surface area contributed by atoms with Crippen molar-refractivity contribution in [3.05, 3.63) is 11.9 Å². The van der Waals surface area contributed by atoms with Crippen LogP contribution in [0.15, 0.2) is 6.20 Å². The van der Waals surface area contributed by atoms with Crippen LogP contribution in [0.1, 0.15) is 25.0 Å². The Balaban J connectivity index is 1.88. The second-order valence-corrected chi connectivity index (χ2v) is 4.97. The molecule has 1 aromatic heterocycles. The lowest BCUT2D eigenvalue weighted by molar-refractivity contribution is -0.134. The van der Waals surface area contributed by atoms with Gasteiger partial charge in [-0.2, -0.15) is 0 Å². The highest BCUT2D eigenvalue weighted by molar-refractivity contribution is 5.76. The molecule has 1 saturated heterocycles. The molecule has 19 heavy (non-hydrogen) atoms. The summed E-state index contributed by atoms with van der Waals surface area (Å²) in [6.07, 6.45) is 4.56. The number of hydrogen-bond acceptors (Lipinski definition) is 5. The van der Waals surface area contributed by atoms with Crippen LogP contribution in [0.3, 0.4) is 0 Å². The standard InChI is InChI=1S/C12H21N5O2/c13-6-11-8-17(15-14-11)9-12(19)16-4-1-2-10(7-16)3-5-18/h8,10,18H,1-7,9,13H2. The quantitative estimate of drug-likeness (QED) is 0.739. The fourth-order valence-corrected chi connectivity index (χ4v) is 2.46. The molecular formula is C12H21N5O2. The van der Waals surface area contributed by atoms with Crippen LogP contribution < -0.4 is 5.73 Å². The minimum absolute atomic E-state index is 0.0520. The maximum Gasteiger partial charge on any atom is 0.244 e. The van der Waals surface area contributed by atoms with Crippen LogP contribution in [0.5, 0.6) is 0 Å². The first-order valence-electron chi connectivity index (χ1n) is 6.70. The van der Waals surface area contributed by atoms with Crippen molar-refractivity contribution in [2.75, 3.05) is 19.7 Å². The number of amides is 1. The Hall–Kier alpha value is -1.47. The van der Waals surface area contributed by atoms with Gasteiger partial charge in [-0.15, -0.1) is 5.10 Å². The Morgan fingerprint density at radius 2 is 2.42 bits per heavy atom. The second kappa shape index (κ2) is 6.63. The van der Waals surface area contributed by atoms with Crippen LogP contribution >= 0.6 is 0 Å². The van der Waals surface area contributed by atoms with Gasteiger partial charge in [0.15, 0.2) is 0 Å². The highest BCUT2D eigenvalue weighted by atomic mass is 16.3. The third-order valence-corrected chi connectivity index (χ3v) is 3.50. The first-order chi connectivity index (χ1) is 9.22. The molecule has 1 aliphatic heterocycles. The van der Waals surface area contributed by atoms with E-state index < -0.39 is 0 Å². The Bertz CT molecular complexity index is 418. The summed E-state index contributed by atoms with van der Waals surface area (Å²) < 4.78 is 1.53. The van der Waals surface area contributed by atoms with E-state index in [2.05, 4.69) is 10.3 Å². The lowest BCUT2D eigenvalue weighted by Gasteiger charge is -2.32. The summed E-state index contributed by atoms with van der Waals surface area (Å²) in [5.41, 5.74) is 6.14. The van der Waals surface area contributed by atoms with Crippen molar-refractivity contribution in [3.8, 4) is 0 Å². The lowest BCUT2D eigenvalue weighted by atomic mass is 9.95. The SMILES string of the molecule is NCc1cn(CC(=O)N2CCCC(CCO)C2)nn1. The number of aliphatic hydroxyl groups is 1. The highest BCUT2D eigenvalue weighted by Gasteiger charge is 2.23. The first-order valence-corrected chi connectivity index (χ1v) is 6.70. The number of aliphatic hydroxyl groups excluding tert-OH is 1. The number of nitrogens with zero attached hydrogens (tertiary/aromatic N) is 4. The van der Waals surface area contributed by atoms with Gasteiger partial charge in [0, 0.05) is 26.2 Å². The zero-order valence-electron chi connectivity index (χ0n) is 11.0. The number of rotatable bonds is 5. The minimum atomic E-state index is 0.0520. The van der Waals surface area contributed by atoms with Crippen molar-refractivity contribution in [2.24, 2.45) is 11.7 Å². The van der Waals surface area contributed by atoms with E-state index in [0.717, 1.165) is 32.4 Å². The Morgan fingerprint density at radius 1 is 1.58 bits per heavy atom. The normalized spacial score (nSPS) is 19.7. The van der Waals surface area contributed by atoms with E-state index in [1.807, 2.05) is 4.90 Å². The van der Waals surface area contributed by atoms with Crippen LogP contribution in [-0.2, 0) is 17.9 Å². The van der Waals surface area contributed by atoms with Gasteiger partial charge in [-0.3, -0.25) is 4.79 Å². The molecule has 1 aliphatic rings. The molecule has 0 spiro atoms. The lowest BCUT2D eigenvalue weighted by Crippen LogP contribution is -2.41. The first kappa shape index (κ1) is 14.0. The molecule has 1 unspecified atom stereocenters. The molecule has 0 bridgehead atoms. The maximum atomic E-state index is 12.2. The number of likely N-dealkylation sites (tertiary alicyclic amines) is 1. The van der Waals surface area contributed by atoms with Gasteiger partial charge in [0.25, 0.3) is 0 Å². The summed E-state index contributed by atoms with van der Waals surface area (Å²) in [6.45, 7) is 2.25. The van der Waals surface area contributed by atoms with Gasteiger partial charge in [0.2, 0.25) is 5.91 Å². The Morgan fingerprint density at radius 3 is 3.11 bits per heavy atom. The fraction of sp³-hybridized carbons (Fsp3) is 0.750. The molecule has 7 nitrogen and oxygen atoms in total. The van der Waals surface area contributed by atoms with Crippen molar-refractivity contribution in [1.29, 1.82) is 0 Å². The molecule has 106 valence electrons. The van der Waals surface area contributed by atoms with E-state index in [4.69, 9.17) is 10.8 Å². The van der Waals surface area contributed by atoms with Gasteiger partial charge in [0.05, 0.1) is 11.9 Å². The van der Waals surface area contributed by atoms with E-state index in [-0.39, 0.29) is 19.1 Å². The summed E-state index contributed by atoms with van der Waals surface area (Å²) in [4.78, 5) is 14.0. The molecule has 1 aromatic rings. The summed E-state index contributed by atoms with van der Waals surface area (Å²) >= 11 is 0. The molecule has 0 radical (unpaired) electrons. The Kier molecular flexibility index (Phi) is 4.86. The van der Waals surface area contributed by atoms with Crippen LogP contribution in [-0.4, -0.2) is 50.6 Å². The van der Waals surface area contributed by atoms with Crippen molar-refractivity contribution in [2.45, 2.75) is 32.4 Å². The highest BCUT2D eigenvalue weighted by Crippen LogP contribution is 2.19. The number of carbonyl (C=O) groups excluding carboxylic acids is 1. The number of aromatic nitrogens is 3. The van der Waals surface area contributed by atoms with Crippen molar-refractivity contribution in [1.82, 2.24) is 19.9 Å². The molecule has 1 amide bonds. The Labute approximate surface area is 112 Å². The average Bonchev–Trinajstić information content (AvgIpc) is 2.87. The monoisotopic (exact) mass is 267 g/mol. The van der Waals surface area contributed by atoms with Crippen LogP contribution in [0.25, 0.3) is 0 Å².